The maximum atomic E-state index is 16.0. The minimum atomic E-state index is -0.800. The van der Waals surface area contributed by atoms with E-state index in [1.54, 1.807) is 4.90 Å². The van der Waals surface area contributed by atoms with E-state index in [0.717, 1.165) is 34.3 Å². The highest BCUT2D eigenvalue weighted by molar-refractivity contribution is 7.18. The lowest BCUT2D eigenvalue weighted by Gasteiger charge is -2.18. The summed E-state index contributed by atoms with van der Waals surface area (Å²) in [6.07, 6.45) is 1.85. The van der Waals surface area contributed by atoms with Crippen LogP contribution in [-0.4, -0.2) is 64.9 Å². The topological polar surface area (TPSA) is 98.6 Å². The Morgan fingerprint density at radius 3 is 2.78 bits per heavy atom. The SMILES string of the molecule is C=CC(=O)N1CCc2cc(-c3nc(-c4ccc5c(c4)C(=O)NC5)c4ccsc4c3-c3c(F)cc(F)cc3OCCOC)nn2CC1. The molecule has 2 aliphatic heterocycles. The van der Waals surface area contributed by atoms with Crippen LogP contribution < -0.4 is 10.1 Å². The van der Waals surface area contributed by atoms with Gasteiger partial charge in [-0.3, -0.25) is 14.3 Å². The number of amides is 2. The van der Waals surface area contributed by atoms with E-state index in [-0.39, 0.29) is 36.3 Å². The zero-order valence-corrected chi connectivity index (χ0v) is 25.8. The molecule has 0 saturated heterocycles. The average molecular weight is 642 g/mol. The number of halogens is 2. The first-order valence-electron chi connectivity index (χ1n) is 14.8. The maximum Gasteiger partial charge on any atom is 0.251 e. The molecule has 0 saturated carbocycles. The van der Waals surface area contributed by atoms with Crippen molar-refractivity contribution in [3.8, 4) is 39.5 Å². The maximum absolute atomic E-state index is 16.0. The highest BCUT2D eigenvalue weighted by Crippen LogP contribution is 2.47. The van der Waals surface area contributed by atoms with Gasteiger partial charge in [0, 0.05) is 77.8 Å². The lowest BCUT2D eigenvalue weighted by molar-refractivity contribution is -0.126. The van der Waals surface area contributed by atoms with Gasteiger partial charge in [0.15, 0.2) is 0 Å². The number of nitrogens with zero attached hydrogens (tertiary/aromatic N) is 4. The third-order valence-electron chi connectivity index (χ3n) is 8.30. The number of rotatable bonds is 8. The average Bonchev–Trinajstić information content (AvgIpc) is 3.76. The normalized spacial score (nSPS) is 14.2. The fourth-order valence-electron chi connectivity index (χ4n) is 6.06. The number of fused-ring (bicyclic) bond motifs is 3. The van der Waals surface area contributed by atoms with Gasteiger partial charge < -0.3 is 19.7 Å². The standard InChI is InChI=1S/C34H29F2N5O4S/c1-3-28(42)40-8-6-22-17-26(39-41(22)10-9-40)32-30(29-25(36)15-21(35)16-27(29)45-12-11-44-2)33-23(7-13-46-33)31(38-32)19-4-5-20-18-37-34(43)24(20)14-19/h3-5,7,13-17H,1,6,8-12,18H2,2H3,(H,37,43). The van der Waals surface area contributed by atoms with E-state index < -0.39 is 11.6 Å². The lowest BCUT2D eigenvalue weighted by Crippen LogP contribution is -2.32. The minimum Gasteiger partial charge on any atom is -0.490 e. The quantitative estimate of drug-likeness (QED) is 0.175. The molecule has 3 aromatic heterocycles. The van der Waals surface area contributed by atoms with E-state index in [1.165, 1.54) is 24.5 Å². The molecule has 0 bridgehead atoms. The van der Waals surface area contributed by atoms with Gasteiger partial charge in [-0.25, -0.2) is 13.8 Å². The number of thiophene rings is 1. The van der Waals surface area contributed by atoms with Crippen molar-refractivity contribution in [1.29, 1.82) is 0 Å². The van der Waals surface area contributed by atoms with E-state index in [9.17, 15) is 14.0 Å². The lowest BCUT2D eigenvalue weighted by atomic mass is 9.95. The van der Waals surface area contributed by atoms with Crippen molar-refractivity contribution in [2.24, 2.45) is 0 Å². The van der Waals surface area contributed by atoms with Crippen molar-refractivity contribution in [3.05, 3.63) is 89.0 Å². The molecule has 7 rings (SSSR count). The van der Waals surface area contributed by atoms with Crippen molar-refractivity contribution in [1.82, 2.24) is 25.0 Å². The second-order valence-corrected chi connectivity index (χ2v) is 11.9. The van der Waals surface area contributed by atoms with E-state index in [2.05, 4.69) is 11.9 Å². The van der Waals surface area contributed by atoms with Crippen LogP contribution in [0.25, 0.3) is 43.9 Å². The summed E-state index contributed by atoms with van der Waals surface area (Å²) in [4.78, 5) is 31.7. The Morgan fingerprint density at radius 1 is 1.09 bits per heavy atom. The van der Waals surface area contributed by atoms with Crippen LogP contribution in [0.3, 0.4) is 0 Å². The summed E-state index contributed by atoms with van der Waals surface area (Å²) in [6, 6.07) is 11.5. The van der Waals surface area contributed by atoms with Crippen LogP contribution in [0.15, 0.2) is 60.5 Å². The van der Waals surface area contributed by atoms with Crippen molar-refractivity contribution in [2.75, 3.05) is 33.4 Å². The molecule has 2 aliphatic rings. The Balaban J connectivity index is 1.45. The Morgan fingerprint density at radius 2 is 1.96 bits per heavy atom. The molecular formula is C34H29F2N5O4S. The van der Waals surface area contributed by atoms with Crippen molar-refractivity contribution < 1.29 is 27.8 Å². The molecule has 5 heterocycles. The summed E-state index contributed by atoms with van der Waals surface area (Å²) in [6.45, 7) is 5.77. The number of aromatic nitrogens is 3. The van der Waals surface area contributed by atoms with Crippen LogP contribution in [-0.2, 0) is 29.0 Å². The van der Waals surface area contributed by atoms with Crippen molar-refractivity contribution in [3.63, 3.8) is 0 Å². The zero-order valence-electron chi connectivity index (χ0n) is 24.9. The third kappa shape index (κ3) is 5.23. The molecule has 46 heavy (non-hydrogen) atoms. The highest BCUT2D eigenvalue weighted by Gasteiger charge is 2.28. The fraction of sp³-hybridized carbons (Fsp3) is 0.235. The van der Waals surface area contributed by atoms with Gasteiger partial charge in [-0.15, -0.1) is 11.3 Å². The van der Waals surface area contributed by atoms with E-state index >= 15 is 4.39 Å². The van der Waals surface area contributed by atoms with Gasteiger partial charge in [-0.2, -0.15) is 5.10 Å². The smallest absolute Gasteiger partial charge is 0.251 e. The Labute approximate surface area is 267 Å². The molecule has 2 aromatic carbocycles. The molecule has 0 aliphatic carbocycles. The van der Waals surface area contributed by atoms with Crippen LogP contribution in [0, 0.1) is 11.6 Å². The molecule has 9 nitrogen and oxygen atoms in total. The second-order valence-electron chi connectivity index (χ2n) is 11.0. The fourth-order valence-corrected chi connectivity index (χ4v) is 7.00. The van der Waals surface area contributed by atoms with Crippen LogP contribution >= 0.6 is 11.3 Å². The van der Waals surface area contributed by atoms with E-state index in [1.807, 2.05) is 40.4 Å². The predicted molar refractivity (Wildman–Crippen MR) is 171 cm³/mol. The first kappa shape index (κ1) is 29.8. The van der Waals surface area contributed by atoms with Crippen LogP contribution in [0.5, 0.6) is 5.75 Å². The molecule has 2 amide bonds. The summed E-state index contributed by atoms with van der Waals surface area (Å²) in [7, 11) is 1.52. The van der Waals surface area contributed by atoms with Crippen LogP contribution in [0.2, 0.25) is 0 Å². The second kappa shape index (κ2) is 12.1. The number of hydrogen-bond acceptors (Lipinski definition) is 7. The first-order valence-corrected chi connectivity index (χ1v) is 15.7. The number of pyridine rings is 1. The molecule has 0 atom stereocenters. The molecular weight excluding hydrogens is 612 g/mol. The Kier molecular flexibility index (Phi) is 7.83. The number of hydrogen-bond donors (Lipinski definition) is 1. The summed E-state index contributed by atoms with van der Waals surface area (Å²) < 4.78 is 44.1. The van der Waals surface area contributed by atoms with Gasteiger partial charge in [0.05, 0.1) is 24.4 Å². The van der Waals surface area contributed by atoms with E-state index in [0.29, 0.717) is 65.5 Å². The van der Waals surface area contributed by atoms with Gasteiger partial charge in [0.1, 0.15) is 35.4 Å². The molecule has 1 N–H and O–H groups in total. The number of carbonyl (C=O) groups excluding carboxylic acids is 2. The summed E-state index contributed by atoms with van der Waals surface area (Å²) in [5.74, 6) is -1.84. The Hall–Kier alpha value is -4.94. The first-order chi connectivity index (χ1) is 22.4. The predicted octanol–water partition coefficient (Wildman–Crippen LogP) is 5.61. The van der Waals surface area contributed by atoms with Crippen LogP contribution in [0.4, 0.5) is 8.78 Å². The van der Waals surface area contributed by atoms with Gasteiger partial charge in [0.2, 0.25) is 5.91 Å². The van der Waals surface area contributed by atoms with E-state index in [4.69, 9.17) is 19.6 Å². The zero-order chi connectivity index (χ0) is 31.9. The van der Waals surface area contributed by atoms with Gasteiger partial charge in [0.25, 0.3) is 5.91 Å². The number of ether oxygens (including phenoxy) is 2. The monoisotopic (exact) mass is 641 g/mol. The molecule has 5 aromatic rings. The molecule has 0 radical (unpaired) electrons. The molecule has 0 unspecified atom stereocenters. The number of methoxy groups -OCH3 is 1. The van der Waals surface area contributed by atoms with Gasteiger partial charge in [-0.05, 0) is 35.2 Å². The minimum absolute atomic E-state index is 0.0219. The third-order valence-corrected chi connectivity index (χ3v) is 9.23. The van der Waals surface area contributed by atoms with Crippen LogP contribution in [0.1, 0.15) is 21.6 Å². The highest BCUT2D eigenvalue weighted by atomic mass is 32.1. The van der Waals surface area contributed by atoms with Crippen molar-refractivity contribution in [2.45, 2.75) is 19.5 Å². The molecule has 12 heteroatoms. The largest absolute Gasteiger partial charge is 0.490 e. The number of carbonyl (C=O) groups is 2. The molecule has 234 valence electrons. The summed E-state index contributed by atoms with van der Waals surface area (Å²) in [5.41, 5.74) is 5.08. The summed E-state index contributed by atoms with van der Waals surface area (Å²) >= 11 is 1.40. The molecule has 0 fully saturated rings. The summed E-state index contributed by atoms with van der Waals surface area (Å²) in [5, 5.41) is 10.4. The van der Waals surface area contributed by atoms with Gasteiger partial charge in [-0.1, -0.05) is 18.7 Å². The van der Waals surface area contributed by atoms with Crippen molar-refractivity contribution >= 4 is 33.2 Å². The molecule has 0 spiro atoms. The number of nitrogens with one attached hydrogen (secondary N) is 1. The number of benzene rings is 2. The van der Waals surface area contributed by atoms with Gasteiger partial charge >= 0.3 is 0 Å². The Bertz CT molecular complexity index is 2010.